The molecule has 0 aromatic heterocycles. The van der Waals surface area contributed by atoms with E-state index >= 15 is 0 Å². The summed E-state index contributed by atoms with van der Waals surface area (Å²) in [4.78, 5) is 30.7. The van der Waals surface area contributed by atoms with E-state index in [0.29, 0.717) is 36.2 Å². The summed E-state index contributed by atoms with van der Waals surface area (Å²) >= 11 is 12.7. The average molecular weight is 548 g/mol. The van der Waals surface area contributed by atoms with E-state index in [9.17, 15) is 14.7 Å². The zero-order valence-corrected chi connectivity index (χ0v) is 23.2. The number of hydrogen-bond acceptors (Lipinski definition) is 4. The van der Waals surface area contributed by atoms with E-state index in [4.69, 9.17) is 27.9 Å². The third-order valence-electron chi connectivity index (χ3n) is 7.95. The number of benzene rings is 2. The molecule has 0 spiro atoms. The lowest BCUT2D eigenvalue weighted by atomic mass is 9.67. The third kappa shape index (κ3) is 6.14. The van der Waals surface area contributed by atoms with Gasteiger partial charge in [0.2, 0.25) is 5.91 Å². The van der Waals surface area contributed by atoms with Gasteiger partial charge in [-0.25, -0.2) is 0 Å². The van der Waals surface area contributed by atoms with Crippen LogP contribution in [0.4, 0.5) is 0 Å². The van der Waals surface area contributed by atoms with E-state index in [1.807, 2.05) is 53.4 Å². The summed E-state index contributed by atoms with van der Waals surface area (Å²) < 4.78 is 5.65. The van der Waals surface area contributed by atoms with Crippen LogP contribution in [0.3, 0.4) is 0 Å². The molecule has 6 nitrogen and oxygen atoms in total. The van der Waals surface area contributed by atoms with Gasteiger partial charge in [0.25, 0.3) is 0 Å². The fraction of sp³-hybridized carbons (Fsp3) is 0.517. The van der Waals surface area contributed by atoms with Crippen LogP contribution in [0.15, 0.2) is 48.5 Å². The number of morpholine rings is 1. The van der Waals surface area contributed by atoms with Gasteiger partial charge >= 0.3 is 5.97 Å². The molecule has 2 heterocycles. The van der Waals surface area contributed by atoms with Crippen LogP contribution in [0.25, 0.3) is 0 Å². The van der Waals surface area contributed by atoms with Crippen molar-refractivity contribution in [3.05, 3.63) is 69.7 Å². The van der Waals surface area contributed by atoms with Crippen molar-refractivity contribution < 1.29 is 19.4 Å². The number of rotatable bonds is 8. The normalized spacial score (nSPS) is 27.8. The highest BCUT2D eigenvalue weighted by Crippen LogP contribution is 2.52. The molecule has 0 saturated carbocycles. The lowest BCUT2D eigenvalue weighted by Gasteiger charge is -2.53. The Balaban J connectivity index is 1.85. The maximum absolute atomic E-state index is 14.4. The molecule has 8 heteroatoms. The van der Waals surface area contributed by atoms with Crippen molar-refractivity contribution in [2.75, 3.05) is 26.3 Å². The highest BCUT2D eigenvalue weighted by Gasteiger charge is 2.52. The maximum atomic E-state index is 14.4. The van der Waals surface area contributed by atoms with Crippen LogP contribution in [-0.2, 0) is 14.3 Å². The Morgan fingerprint density at radius 3 is 2.51 bits per heavy atom. The number of nitrogens with zero attached hydrogens (tertiary/aromatic N) is 2. The average Bonchev–Trinajstić information content (AvgIpc) is 2.85. The molecule has 2 aliphatic rings. The van der Waals surface area contributed by atoms with Gasteiger partial charge in [0.15, 0.2) is 0 Å². The van der Waals surface area contributed by atoms with Crippen LogP contribution in [0.1, 0.15) is 63.1 Å². The second kappa shape index (κ2) is 11.7. The fourth-order valence-electron chi connectivity index (χ4n) is 6.00. The van der Waals surface area contributed by atoms with Crippen molar-refractivity contribution in [1.82, 2.24) is 9.80 Å². The smallest absolute Gasteiger partial charge is 0.304 e. The number of aliphatic carboxylic acids is 1. The Morgan fingerprint density at radius 2 is 1.89 bits per heavy atom. The van der Waals surface area contributed by atoms with Crippen LogP contribution >= 0.6 is 23.2 Å². The van der Waals surface area contributed by atoms with E-state index in [1.165, 1.54) is 0 Å². The quantitative estimate of drug-likeness (QED) is 0.437. The highest BCUT2D eigenvalue weighted by molar-refractivity contribution is 6.30. The number of halogens is 2. The van der Waals surface area contributed by atoms with Gasteiger partial charge in [0.1, 0.15) is 0 Å². The van der Waals surface area contributed by atoms with E-state index in [-0.39, 0.29) is 36.4 Å². The van der Waals surface area contributed by atoms with Gasteiger partial charge < -0.3 is 14.7 Å². The first-order valence-corrected chi connectivity index (χ1v) is 13.8. The van der Waals surface area contributed by atoms with Gasteiger partial charge in [0.05, 0.1) is 31.1 Å². The monoisotopic (exact) mass is 546 g/mol. The third-order valence-corrected chi connectivity index (χ3v) is 8.43. The van der Waals surface area contributed by atoms with E-state index in [0.717, 1.165) is 24.1 Å². The summed E-state index contributed by atoms with van der Waals surface area (Å²) in [5, 5.41) is 11.1. The fourth-order valence-corrected chi connectivity index (χ4v) is 6.32. The number of hydrogen-bond donors (Lipinski definition) is 1. The van der Waals surface area contributed by atoms with Gasteiger partial charge in [-0.2, -0.15) is 0 Å². The van der Waals surface area contributed by atoms with Crippen LogP contribution < -0.4 is 0 Å². The van der Waals surface area contributed by atoms with Crippen LogP contribution in [0.5, 0.6) is 0 Å². The maximum Gasteiger partial charge on any atom is 0.304 e. The van der Waals surface area contributed by atoms with E-state index in [1.54, 1.807) is 6.92 Å². The number of carbonyl (C=O) groups is 2. The zero-order valence-electron chi connectivity index (χ0n) is 21.7. The molecular formula is C29H36Cl2N2O4. The lowest BCUT2D eigenvalue weighted by Crippen LogP contribution is -2.59. The molecule has 200 valence electrons. The SMILES string of the molecule is CC[C@@H](CN1CCOCC1C)N1C(=O)[C@@](C)(CC(=O)O)C[C@H](c2cccc(Cl)c2)[C@H]1c1ccc(Cl)cc1. The predicted octanol–water partition coefficient (Wildman–Crippen LogP) is 6.03. The molecular weight excluding hydrogens is 511 g/mol. The number of amides is 1. The molecule has 1 unspecified atom stereocenters. The molecule has 5 atom stereocenters. The largest absolute Gasteiger partial charge is 0.481 e. The Hall–Kier alpha value is -2.12. The number of likely N-dealkylation sites (tertiary alicyclic amines) is 1. The number of carboxylic acid groups (broad SMARTS) is 1. The van der Waals surface area contributed by atoms with Gasteiger partial charge in [0, 0.05) is 41.1 Å². The van der Waals surface area contributed by atoms with Gasteiger partial charge in [-0.3, -0.25) is 14.5 Å². The minimum atomic E-state index is -1.05. The molecule has 2 aromatic rings. The van der Waals surface area contributed by atoms with Crippen molar-refractivity contribution in [2.24, 2.45) is 5.41 Å². The standard InChI is InChI=1S/C29H36Cl2N2O4/c1-4-24(17-32-12-13-37-18-19(32)2)33-27(20-8-10-22(30)11-9-20)25(21-6-5-7-23(31)14-21)15-29(3,28(33)36)16-26(34)35/h5-11,14,19,24-25,27H,4,12-13,15-18H2,1-3H3,(H,34,35)/t19?,24-,25+,27+,29+/m0/s1. The second-order valence-corrected chi connectivity index (χ2v) is 11.6. The summed E-state index contributed by atoms with van der Waals surface area (Å²) in [6.45, 7) is 8.86. The first-order valence-electron chi connectivity index (χ1n) is 13.0. The molecule has 1 N–H and O–H groups in total. The van der Waals surface area contributed by atoms with E-state index < -0.39 is 11.4 Å². The van der Waals surface area contributed by atoms with Gasteiger partial charge in [-0.15, -0.1) is 0 Å². The van der Waals surface area contributed by atoms with Crippen molar-refractivity contribution in [3.63, 3.8) is 0 Å². The lowest BCUT2D eigenvalue weighted by molar-refractivity contribution is -0.161. The summed E-state index contributed by atoms with van der Waals surface area (Å²) in [6.07, 6.45) is 0.926. The molecule has 0 aliphatic carbocycles. The molecule has 2 fully saturated rings. The van der Waals surface area contributed by atoms with E-state index in [2.05, 4.69) is 18.7 Å². The zero-order chi connectivity index (χ0) is 26.7. The molecule has 0 bridgehead atoms. The molecule has 4 rings (SSSR count). The van der Waals surface area contributed by atoms with Crippen molar-refractivity contribution in [2.45, 2.75) is 64.1 Å². The summed E-state index contributed by atoms with van der Waals surface area (Å²) in [7, 11) is 0. The summed E-state index contributed by atoms with van der Waals surface area (Å²) in [5.41, 5.74) is 0.927. The first kappa shape index (κ1) is 27.9. The topological polar surface area (TPSA) is 70.1 Å². The van der Waals surface area contributed by atoms with Gasteiger partial charge in [-0.05, 0) is 55.2 Å². The number of ether oxygens (including phenoxy) is 1. The number of carboxylic acids is 1. The second-order valence-electron chi connectivity index (χ2n) is 10.7. The van der Waals surface area contributed by atoms with Crippen molar-refractivity contribution in [1.29, 1.82) is 0 Å². The number of piperidine rings is 1. The van der Waals surface area contributed by atoms with Crippen LogP contribution in [0, 0.1) is 5.41 Å². The summed E-state index contributed by atoms with van der Waals surface area (Å²) in [5.74, 6) is -1.22. The minimum absolute atomic E-state index is 0.108. The Kier molecular flexibility index (Phi) is 8.85. The van der Waals surface area contributed by atoms with Crippen LogP contribution in [-0.4, -0.2) is 65.2 Å². The van der Waals surface area contributed by atoms with Crippen molar-refractivity contribution in [3.8, 4) is 0 Å². The minimum Gasteiger partial charge on any atom is -0.481 e. The highest BCUT2D eigenvalue weighted by atomic mass is 35.5. The van der Waals surface area contributed by atoms with Gasteiger partial charge in [-0.1, -0.05) is 61.3 Å². The Morgan fingerprint density at radius 1 is 1.16 bits per heavy atom. The Bertz CT molecular complexity index is 1110. The Labute approximate surface area is 229 Å². The van der Waals surface area contributed by atoms with Crippen molar-refractivity contribution >= 4 is 35.1 Å². The summed E-state index contributed by atoms with van der Waals surface area (Å²) in [6, 6.07) is 15.2. The molecule has 2 aliphatic heterocycles. The predicted molar refractivity (Wildman–Crippen MR) is 146 cm³/mol. The number of carbonyl (C=O) groups excluding carboxylic acids is 1. The molecule has 37 heavy (non-hydrogen) atoms. The van der Waals surface area contributed by atoms with Crippen LogP contribution in [0.2, 0.25) is 10.0 Å². The first-order chi connectivity index (χ1) is 17.6. The molecule has 0 radical (unpaired) electrons. The molecule has 2 aromatic carbocycles. The molecule has 1 amide bonds. The molecule has 2 saturated heterocycles.